The van der Waals surface area contributed by atoms with Crippen LogP contribution in [0.5, 0.6) is 0 Å². The van der Waals surface area contributed by atoms with E-state index in [0.717, 1.165) is 25.7 Å². The molecule has 2 aliphatic rings. The Morgan fingerprint density at radius 3 is 2.61 bits per heavy atom. The molecule has 1 N–H and O–H groups in total. The van der Waals surface area contributed by atoms with E-state index in [0.29, 0.717) is 11.5 Å². The molecule has 1 amide bonds. The number of carbonyl (C=O) groups excluding carboxylic acids is 1. The van der Waals surface area contributed by atoms with Crippen LogP contribution in [0.2, 0.25) is 0 Å². The molecule has 9 nitrogen and oxygen atoms in total. The van der Waals surface area contributed by atoms with E-state index >= 15 is 0 Å². The summed E-state index contributed by atoms with van der Waals surface area (Å²) in [5.41, 5.74) is 0.710. The maximum Gasteiger partial charge on any atom is 0.394 e. The molecule has 0 atom stereocenters. The Labute approximate surface area is 175 Å². The van der Waals surface area contributed by atoms with Crippen molar-refractivity contribution in [1.82, 2.24) is 39.3 Å². The van der Waals surface area contributed by atoms with Crippen molar-refractivity contribution in [3.63, 3.8) is 0 Å². The lowest BCUT2D eigenvalue weighted by molar-refractivity contribution is -0.215. The lowest BCUT2D eigenvalue weighted by Crippen LogP contribution is -2.58. The van der Waals surface area contributed by atoms with Crippen LogP contribution in [0.15, 0.2) is 31.2 Å². The van der Waals surface area contributed by atoms with Crippen LogP contribution in [0, 0.1) is 5.92 Å². The second kappa shape index (κ2) is 7.59. The molecule has 3 aromatic heterocycles. The van der Waals surface area contributed by atoms with E-state index < -0.39 is 12.1 Å². The minimum atomic E-state index is -4.10. The van der Waals surface area contributed by atoms with Crippen molar-refractivity contribution < 1.29 is 18.0 Å². The van der Waals surface area contributed by atoms with Crippen molar-refractivity contribution in [3.05, 3.63) is 36.9 Å². The quantitative estimate of drug-likeness (QED) is 0.674. The molecular weight excluding hydrogens is 413 g/mol. The Kier molecular flexibility index (Phi) is 4.88. The highest BCUT2D eigenvalue weighted by Gasteiger charge is 2.48. The number of aromatic nitrogens is 6. The summed E-state index contributed by atoms with van der Waals surface area (Å²) >= 11 is 0. The van der Waals surface area contributed by atoms with Gasteiger partial charge in [0.1, 0.15) is 18.3 Å². The fraction of sp³-hybridized carbons (Fsp3) is 0.526. The fourth-order valence-electron chi connectivity index (χ4n) is 4.34. The molecule has 12 heteroatoms. The van der Waals surface area contributed by atoms with Crippen molar-refractivity contribution in [2.75, 3.05) is 13.1 Å². The maximum absolute atomic E-state index is 12.8. The summed E-state index contributed by atoms with van der Waals surface area (Å²) in [6.07, 6.45) is 6.69. The van der Waals surface area contributed by atoms with Crippen LogP contribution in [0.1, 0.15) is 36.2 Å². The Morgan fingerprint density at radius 1 is 1.16 bits per heavy atom. The molecule has 2 fully saturated rings. The molecule has 0 bridgehead atoms. The van der Waals surface area contributed by atoms with Crippen molar-refractivity contribution in [1.29, 1.82) is 0 Å². The normalized spacial score (nSPS) is 23.1. The molecule has 0 unspecified atom stereocenters. The number of carbonyl (C=O) groups is 1. The number of hydrogen-bond acceptors (Lipinski definition) is 6. The second-order valence-corrected chi connectivity index (χ2v) is 8.12. The largest absolute Gasteiger partial charge is 0.394 e. The first-order valence-corrected chi connectivity index (χ1v) is 10.2. The van der Waals surface area contributed by atoms with Crippen LogP contribution in [0.3, 0.4) is 0 Å². The third-order valence-corrected chi connectivity index (χ3v) is 6.15. The Morgan fingerprint density at radius 2 is 1.94 bits per heavy atom. The van der Waals surface area contributed by atoms with Crippen LogP contribution in [0.25, 0.3) is 11.5 Å². The molecule has 1 aliphatic carbocycles. The smallest absolute Gasteiger partial charge is 0.348 e. The predicted octanol–water partition coefficient (Wildman–Crippen LogP) is 1.85. The van der Waals surface area contributed by atoms with E-state index in [2.05, 4.69) is 25.4 Å². The zero-order chi connectivity index (χ0) is 21.6. The first-order chi connectivity index (χ1) is 14.9. The number of imidazole rings is 1. The number of amides is 1. The van der Waals surface area contributed by atoms with E-state index in [1.807, 2.05) is 4.90 Å². The second-order valence-electron chi connectivity index (χ2n) is 8.12. The molecule has 3 aromatic rings. The van der Waals surface area contributed by atoms with E-state index in [-0.39, 0.29) is 36.8 Å². The highest BCUT2D eigenvalue weighted by atomic mass is 19.4. The number of nitrogens with one attached hydrogen (secondary N) is 1. The maximum atomic E-state index is 12.8. The summed E-state index contributed by atoms with van der Waals surface area (Å²) < 4.78 is 41.3. The summed E-state index contributed by atoms with van der Waals surface area (Å²) in [5.74, 6) is -1.07. The van der Waals surface area contributed by atoms with Gasteiger partial charge < -0.3 is 5.32 Å². The van der Waals surface area contributed by atoms with Gasteiger partial charge in [-0.3, -0.25) is 14.3 Å². The van der Waals surface area contributed by atoms with Crippen LogP contribution in [-0.4, -0.2) is 71.3 Å². The van der Waals surface area contributed by atoms with Gasteiger partial charge in [-0.2, -0.15) is 18.3 Å². The summed E-state index contributed by atoms with van der Waals surface area (Å²) in [5, 5.41) is 7.12. The zero-order valence-corrected chi connectivity index (χ0v) is 16.5. The molecule has 5 rings (SSSR count). The first kappa shape index (κ1) is 19.9. The standard InChI is InChI=1S/C19H21F3N8O/c20-19(21,22)12-7-29(8-12)14-3-1-13(2-4-14)26-18(31)15-9-30-16(24-10-25-30)17(27-15)28-6-5-23-11-28/h5-6,9-14H,1-4,7-8H2,(H,26,31). The predicted molar refractivity (Wildman–Crippen MR) is 103 cm³/mol. The topological polar surface area (TPSA) is 93.2 Å². The molecular formula is C19H21F3N8O. The molecule has 1 aliphatic heterocycles. The van der Waals surface area contributed by atoms with E-state index in [9.17, 15) is 18.0 Å². The lowest BCUT2D eigenvalue weighted by Gasteiger charge is -2.47. The third kappa shape index (κ3) is 3.87. The van der Waals surface area contributed by atoms with E-state index in [1.165, 1.54) is 17.0 Å². The van der Waals surface area contributed by atoms with E-state index in [4.69, 9.17) is 0 Å². The Bertz CT molecular complexity index is 1070. The Balaban J connectivity index is 1.21. The van der Waals surface area contributed by atoms with Gasteiger partial charge in [-0.25, -0.2) is 19.5 Å². The molecule has 0 aromatic carbocycles. The summed E-state index contributed by atoms with van der Waals surface area (Å²) in [6.45, 7) is 0.175. The monoisotopic (exact) mass is 434 g/mol. The SMILES string of the molecule is O=C(NC1CCC(N2CC(C(F)(F)F)C2)CC1)c1cn2ncnc2c(-n2ccnc2)n1. The Hall–Kier alpha value is -3.02. The van der Waals surface area contributed by atoms with E-state index in [1.54, 1.807) is 23.3 Å². The van der Waals surface area contributed by atoms with Crippen LogP contribution >= 0.6 is 0 Å². The first-order valence-electron chi connectivity index (χ1n) is 10.2. The number of hydrogen-bond donors (Lipinski definition) is 1. The van der Waals surface area contributed by atoms with Gasteiger partial charge in [0.2, 0.25) is 0 Å². The van der Waals surface area contributed by atoms with Gasteiger partial charge in [-0.1, -0.05) is 0 Å². The van der Waals surface area contributed by atoms with Gasteiger partial charge in [0, 0.05) is 37.6 Å². The molecule has 164 valence electrons. The van der Waals surface area contributed by atoms with Crippen molar-refractivity contribution in [3.8, 4) is 5.82 Å². The van der Waals surface area contributed by atoms with Crippen LogP contribution in [0.4, 0.5) is 13.2 Å². The van der Waals surface area contributed by atoms with Crippen molar-refractivity contribution in [2.24, 2.45) is 5.92 Å². The number of fused-ring (bicyclic) bond motifs is 1. The number of rotatable bonds is 4. The molecule has 31 heavy (non-hydrogen) atoms. The minimum Gasteiger partial charge on any atom is -0.348 e. The van der Waals surface area contributed by atoms with Gasteiger partial charge in [-0.05, 0) is 25.7 Å². The average Bonchev–Trinajstić information content (AvgIpc) is 3.38. The molecule has 0 spiro atoms. The fourth-order valence-corrected chi connectivity index (χ4v) is 4.34. The van der Waals surface area contributed by atoms with Crippen LogP contribution < -0.4 is 5.32 Å². The number of likely N-dealkylation sites (tertiary alicyclic amines) is 1. The summed E-state index contributed by atoms with van der Waals surface area (Å²) in [4.78, 5) is 27.4. The van der Waals surface area contributed by atoms with Gasteiger partial charge in [0.05, 0.1) is 12.1 Å². The molecule has 4 heterocycles. The van der Waals surface area contributed by atoms with Gasteiger partial charge in [0.25, 0.3) is 5.91 Å². The molecule has 1 saturated heterocycles. The minimum absolute atomic E-state index is 0.0339. The van der Waals surface area contributed by atoms with Gasteiger partial charge >= 0.3 is 6.18 Å². The van der Waals surface area contributed by atoms with Crippen LogP contribution in [-0.2, 0) is 0 Å². The van der Waals surface area contributed by atoms with Gasteiger partial charge in [0.15, 0.2) is 11.5 Å². The van der Waals surface area contributed by atoms with Crippen molar-refractivity contribution >= 4 is 11.6 Å². The van der Waals surface area contributed by atoms with Crippen molar-refractivity contribution in [2.45, 2.75) is 43.9 Å². The van der Waals surface area contributed by atoms with Gasteiger partial charge in [-0.15, -0.1) is 0 Å². The summed E-state index contributed by atoms with van der Waals surface area (Å²) in [7, 11) is 0. The number of halogens is 3. The highest BCUT2D eigenvalue weighted by molar-refractivity contribution is 5.92. The summed E-state index contributed by atoms with van der Waals surface area (Å²) in [6, 6.07) is 0.123. The lowest BCUT2D eigenvalue weighted by atomic mass is 9.86. The highest BCUT2D eigenvalue weighted by Crippen LogP contribution is 2.37. The average molecular weight is 434 g/mol. The zero-order valence-electron chi connectivity index (χ0n) is 16.5. The molecule has 0 radical (unpaired) electrons. The third-order valence-electron chi connectivity index (χ3n) is 6.15. The molecule has 1 saturated carbocycles. The number of nitrogens with zero attached hydrogens (tertiary/aromatic N) is 7. The number of alkyl halides is 3.